The summed E-state index contributed by atoms with van der Waals surface area (Å²) in [6, 6.07) is 3.82. The number of hydrogen-bond acceptors (Lipinski definition) is 3. The number of hydrogen-bond donors (Lipinski definition) is 2. The first-order valence-corrected chi connectivity index (χ1v) is 7.21. The van der Waals surface area contributed by atoms with Gasteiger partial charge in [-0.25, -0.2) is 0 Å². The molecule has 3 rings (SSSR count). The van der Waals surface area contributed by atoms with E-state index in [1.165, 1.54) is 0 Å². The number of halogens is 1. The SMILES string of the molecule is Cc1nn(C)cc1C(C)Nc1cc2c(cc1Cl)NC(=O)C2. The van der Waals surface area contributed by atoms with Crippen LogP contribution in [-0.4, -0.2) is 15.7 Å². The van der Waals surface area contributed by atoms with E-state index in [-0.39, 0.29) is 11.9 Å². The zero-order chi connectivity index (χ0) is 15.1. The Kier molecular flexibility index (Phi) is 3.37. The minimum atomic E-state index is 0.00867. The number of rotatable bonds is 3. The molecule has 1 aliphatic heterocycles. The van der Waals surface area contributed by atoms with Gasteiger partial charge in [-0.2, -0.15) is 5.10 Å². The summed E-state index contributed by atoms with van der Waals surface area (Å²) in [6.07, 6.45) is 2.40. The maximum atomic E-state index is 11.4. The van der Waals surface area contributed by atoms with Crippen molar-refractivity contribution >= 4 is 28.9 Å². The number of nitrogens with one attached hydrogen (secondary N) is 2. The molecule has 0 spiro atoms. The van der Waals surface area contributed by atoms with E-state index in [1.54, 1.807) is 10.7 Å². The van der Waals surface area contributed by atoms with Crippen LogP contribution in [0.25, 0.3) is 0 Å². The number of carbonyl (C=O) groups excluding carboxylic acids is 1. The average Bonchev–Trinajstić information content (AvgIpc) is 2.91. The van der Waals surface area contributed by atoms with Gasteiger partial charge in [-0.1, -0.05) is 11.6 Å². The van der Waals surface area contributed by atoms with Crippen LogP contribution in [0.2, 0.25) is 5.02 Å². The molecule has 110 valence electrons. The lowest BCUT2D eigenvalue weighted by Crippen LogP contribution is -2.07. The van der Waals surface area contributed by atoms with Gasteiger partial charge in [0.25, 0.3) is 0 Å². The van der Waals surface area contributed by atoms with Crippen LogP contribution in [0, 0.1) is 6.92 Å². The van der Waals surface area contributed by atoms with Gasteiger partial charge in [0.15, 0.2) is 0 Å². The topological polar surface area (TPSA) is 59.0 Å². The van der Waals surface area contributed by atoms with Crippen LogP contribution in [-0.2, 0) is 18.3 Å². The molecule has 1 unspecified atom stereocenters. The lowest BCUT2D eigenvalue weighted by Gasteiger charge is -2.17. The third-order valence-electron chi connectivity index (χ3n) is 3.71. The van der Waals surface area contributed by atoms with E-state index < -0.39 is 0 Å². The minimum absolute atomic E-state index is 0.00867. The number of benzene rings is 1. The predicted octanol–water partition coefficient (Wildman–Crippen LogP) is 3.05. The van der Waals surface area contributed by atoms with Crippen LogP contribution < -0.4 is 10.6 Å². The van der Waals surface area contributed by atoms with Crippen molar-refractivity contribution in [3.63, 3.8) is 0 Å². The van der Waals surface area contributed by atoms with Crippen molar-refractivity contribution in [2.24, 2.45) is 7.05 Å². The highest BCUT2D eigenvalue weighted by molar-refractivity contribution is 6.33. The quantitative estimate of drug-likeness (QED) is 0.916. The molecule has 1 amide bonds. The lowest BCUT2D eigenvalue weighted by molar-refractivity contribution is -0.115. The molecule has 0 aliphatic carbocycles. The summed E-state index contributed by atoms with van der Waals surface area (Å²) in [5.74, 6) is 0.00867. The Morgan fingerprint density at radius 1 is 1.48 bits per heavy atom. The Labute approximate surface area is 128 Å². The first-order chi connectivity index (χ1) is 9.94. The van der Waals surface area contributed by atoms with Crippen molar-refractivity contribution in [2.45, 2.75) is 26.3 Å². The fraction of sp³-hybridized carbons (Fsp3) is 0.333. The Morgan fingerprint density at radius 2 is 2.24 bits per heavy atom. The highest BCUT2D eigenvalue weighted by atomic mass is 35.5. The number of aromatic nitrogens is 2. The van der Waals surface area contributed by atoms with Crippen molar-refractivity contribution in [3.8, 4) is 0 Å². The van der Waals surface area contributed by atoms with Crippen molar-refractivity contribution in [3.05, 3.63) is 40.2 Å². The molecule has 6 heteroatoms. The Balaban J connectivity index is 1.87. The Hall–Kier alpha value is -2.01. The number of nitrogens with zero attached hydrogens (tertiary/aromatic N) is 2. The van der Waals surface area contributed by atoms with Crippen molar-refractivity contribution < 1.29 is 4.79 Å². The van der Waals surface area contributed by atoms with Crippen LogP contribution >= 0.6 is 11.6 Å². The molecule has 0 radical (unpaired) electrons. The first kappa shape index (κ1) is 13.9. The minimum Gasteiger partial charge on any atom is -0.377 e. The monoisotopic (exact) mass is 304 g/mol. The zero-order valence-corrected chi connectivity index (χ0v) is 13.0. The van der Waals surface area contributed by atoms with Crippen LogP contribution in [0.4, 0.5) is 11.4 Å². The fourth-order valence-corrected chi connectivity index (χ4v) is 2.93. The zero-order valence-electron chi connectivity index (χ0n) is 12.2. The van der Waals surface area contributed by atoms with E-state index in [2.05, 4.69) is 22.7 Å². The van der Waals surface area contributed by atoms with E-state index in [0.717, 1.165) is 28.2 Å². The second-order valence-corrected chi connectivity index (χ2v) is 5.83. The van der Waals surface area contributed by atoms with Gasteiger partial charge in [0, 0.05) is 24.5 Å². The summed E-state index contributed by atoms with van der Waals surface area (Å²) < 4.78 is 1.80. The molecule has 5 nitrogen and oxygen atoms in total. The summed E-state index contributed by atoms with van der Waals surface area (Å²) in [7, 11) is 1.91. The molecule has 2 aromatic rings. The molecular formula is C15H17ClN4O. The van der Waals surface area contributed by atoms with Gasteiger partial charge in [0.05, 0.1) is 28.9 Å². The number of anilines is 2. The molecule has 2 heterocycles. The van der Waals surface area contributed by atoms with Crippen molar-refractivity contribution in [1.29, 1.82) is 0 Å². The van der Waals surface area contributed by atoms with E-state index in [0.29, 0.717) is 11.4 Å². The van der Waals surface area contributed by atoms with Crippen LogP contribution in [0.15, 0.2) is 18.3 Å². The third-order valence-corrected chi connectivity index (χ3v) is 4.02. The highest BCUT2D eigenvalue weighted by Gasteiger charge is 2.20. The molecule has 0 fully saturated rings. The van der Waals surface area contributed by atoms with E-state index in [4.69, 9.17) is 11.6 Å². The van der Waals surface area contributed by atoms with E-state index in [9.17, 15) is 4.79 Å². The first-order valence-electron chi connectivity index (χ1n) is 6.83. The molecular weight excluding hydrogens is 288 g/mol. The summed E-state index contributed by atoms with van der Waals surface area (Å²) >= 11 is 6.30. The molecule has 21 heavy (non-hydrogen) atoms. The van der Waals surface area contributed by atoms with Crippen molar-refractivity contribution in [1.82, 2.24) is 9.78 Å². The number of carbonyl (C=O) groups is 1. The Bertz CT molecular complexity index is 723. The number of amides is 1. The molecule has 1 aromatic carbocycles. The molecule has 1 aromatic heterocycles. The highest BCUT2D eigenvalue weighted by Crippen LogP contribution is 2.34. The largest absolute Gasteiger partial charge is 0.377 e. The van der Waals surface area contributed by atoms with Gasteiger partial charge in [0.2, 0.25) is 5.91 Å². The molecule has 0 saturated carbocycles. The van der Waals surface area contributed by atoms with E-state index >= 15 is 0 Å². The molecule has 2 N–H and O–H groups in total. The lowest BCUT2D eigenvalue weighted by atomic mass is 10.1. The number of fused-ring (bicyclic) bond motifs is 1. The van der Waals surface area contributed by atoms with E-state index in [1.807, 2.05) is 26.2 Å². The van der Waals surface area contributed by atoms with Crippen LogP contribution in [0.1, 0.15) is 29.8 Å². The molecule has 1 aliphatic rings. The molecule has 0 saturated heterocycles. The van der Waals surface area contributed by atoms with Gasteiger partial charge in [0.1, 0.15) is 0 Å². The van der Waals surface area contributed by atoms with Crippen molar-refractivity contribution in [2.75, 3.05) is 10.6 Å². The summed E-state index contributed by atoms with van der Waals surface area (Å²) in [6.45, 7) is 4.05. The summed E-state index contributed by atoms with van der Waals surface area (Å²) in [4.78, 5) is 11.4. The fourth-order valence-electron chi connectivity index (χ4n) is 2.71. The van der Waals surface area contributed by atoms with Gasteiger partial charge in [-0.15, -0.1) is 0 Å². The maximum Gasteiger partial charge on any atom is 0.228 e. The maximum absolute atomic E-state index is 11.4. The standard InChI is InChI=1S/C15H17ClN4O/c1-8(11-7-20(3)19-9(11)2)17-14-4-10-5-15(21)18-13(10)6-12(14)16/h4,6-8,17H,5H2,1-3H3,(H,18,21). The van der Waals surface area contributed by atoms with Gasteiger partial charge in [-0.3, -0.25) is 9.48 Å². The number of aryl methyl sites for hydroxylation is 2. The molecule has 1 atom stereocenters. The van der Waals surface area contributed by atoms with Crippen LogP contribution in [0.5, 0.6) is 0 Å². The predicted molar refractivity (Wildman–Crippen MR) is 83.8 cm³/mol. The summed E-state index contributed by atoms with van der Waals surface area (Å²) in [5, 5.41) is 11.2. The second kappa shape index (κ2) is 5.07. The van der Waals surface area contributed by atoms with Gasteiger partial charge < -0.3 is 10.6 Å². The second-order valence-electron chi connectivity index (χ2n) is 5.42. The van der Waals surface area contributed by atoms with Crippen LogP contribution in [0.3, 0.4) is 0 Å². The third kappa shape index (κ3) is 2.61. The Morgan fingerprint density at radius 3 is 2.90 bits per heavy atom. The van der Waals surface area contributed by atoms with Gasteiger partial charge >= 0.3 is 0 Å². The van der Waals surface area contributed by atoms with Gasteiger partial charge in [-0.05, 0) is 31.5 Å². The summed E-state index contributed by atoms with van der Waals surface area (Å²) in [5.41, 5.74) is 4.74. The smallest absolute Gasteiger partial charge is 0.228 e. The molecule has 0 bridgehead atoms. The normalized spacial score (nSPS) is 14.8. The average molecular weight is 305 g/mol.